The lowest BCUT2D eigenvalue weighted by molar-refractivity contribution is -0.135. The van der Waals surface area contributed by atoms with Gasteiger partial charge in [-0.05, 0) is 61.9 Å². The van der Waals surface area contributed by atoms with Crippen molar-refractivity contribution in [1.82, 2.24) is 20.9 Å². The third-order valence-electron chi connectivity index (χ3n) is 7.40. The van der Waals surface area contributed by atoms with Crippen molar-refractivity contribution < 1.29 is 24.6 Å². The van der Waals surface area contributed by atoms with Gasteiger partial charge in [0.2, 0.25) is 5.91 Å². The number of thioether (sulfide) groups is 2. The fourth-order valence-electron chi connectivity index (χ4n) is 5.03. The average Bonchev–Trinajstić information content (AvgIpc) is 3.14. The van der Waals surface area contributed by atoms with Gasteiger partial charge in [0.05, 0.1) is 18.4 Å². The molecule has 0 bridgehead atoms. The zero-order valence-electron chi connectivity index (χ0n) is 26.6. The van der Waals surface area contributed by atoms with Gasteiger partial charge in [-0.1, -0.05) is 60.3 Å². The van der Waals surface area contributed by atoms with Crippen LogP contribution in [0.1, 0.15) is 38.3 Å². The number of rotatable bonds is 13. The average molecular weight is 666 g/mol. The van der Waals surface area contributed by atoms with E-state index in [2.05, 4.69) is 27.3 Å². The quantitative estimate of drug-likeness (QED) is 0.148. The maximum absolute atomic E-state index is 14.0. The maximum atomic E-state index is 14.0. The number of fused-ring (bicyclic) bond motifs is 1. The fourth-order valence-corrected chi connectivity index (χ4v) is 6.72. The summed E-state index contributed by atoms with van der Waals surface area (Å²) in [4.78, 5) is 43.2. The van der Waals surface area contributed by atoms with Crippen molar-refractivity contribution in [1.29, 1.82) is 0 Å². The number of β-amino-alcohol motifs (C(OH)–C–C–N with tert-alkyl or cyclic N) is 1. The van der Waals surface area contributed by atoms with Crippen molar-refractivity contribution in [2.75, 3.05) is 31.3 Å². The van der Waals surface area contributed by atoms with E-state index in [1.807, 2.05) is 80.8 Å². The largest absolute Gasteiger partial charge is 0.395 e. The highest BCUT2D eigenvalue weighted by Crippen LogP contribution is 2.35. The Morgan fingerprint density at radius 1 is 1.11 bits per heavy atom. The standard InChI is InChI=1S/C34H43N5O5S2/c1-22(41)19-36-34(2,3)18-30(42)38-31-32(43)39(21-25-13-14-26(45-4)17-29(25)46-31)20-23-9-11-24(12-10-23)27-7-5-6-8-28(27)37-33(44)35-15-16-40/h5-14,17,22,31,36,40-41H,15-16,18-21H2,1-4H3,(H,38,42)(H2,35,37,44)/t22-,31-/m1/s1. The highest BCUT2D eigenvalue weighted by Gasteiger charge is 2.33. The van der Waals surface area contributed by atoms with Crippen molar-refractivity contribution >= 4 is 47.1 Å². The van der Waals surface area contributed by atoms with Gasteiger partial charge in [0.15, 0.2) is 5.37 Å². The molecule has 0 spiro atoms. The smallest absolute Gasteiger partial charge is 0.319 e. The minimum atomic E-state index is -0.798. The van der Waals surface area contributed by atoms with E-state index in [0.29, 0.717) is 25.3 Å². The van der Waals surface area contributed by atoms with E-state index in [0.717, 1.165) is 32.0 Å². The third kappa shape index (κ3) is 9.97. The van der Waals surface area contributed by atoms with Crippen LogP contribution in [0.25, 0.3) is 11.1 Å². The molecule has 1 heterocycles. The lowest BCUT2D eigenvalue weighted by Crippen LogP contribution is -2.50. The number of nitrogens with zero attached hydrogens (tertiary/aromatic N) is 1. The number of para-hydroxylation sites is 1. The molecule has 0 unspecified atom stereocenters. The van der Waals surface area contributed by atoms with Gasteiger partial charge in [0, 0.05) is 53.5 Å². The first-order chi connectivity index (χ1) is 22.0. The molecule has 3 aromatic carbocycles. The number of carbonyl (C=O) groups is 3. The van der Waals surface area contributed by atoms with Gasteiger partial charge in [-0.3, -0.25) is 9.59 Å². The van der Waals surface area contributed by atoms with Gasteiger partial charge < -0.3 is 36.4 Å². The molecule has 4 rings (SSSR count). The number of aliphatic hydroxyl groups excluding tert-OH is 2. The summed E-state index contributed by atoms with van der Waals surface area (Å²) in [6, 6.07) is 21.1. The molecule has 0 aromatic heterocycles. The topological polar surface area (TPSA) is 143 Å². The Morgan fingerprint density at radius 3 is 2.54 bits per heavy atom. The van der Waals surface area contributed by atoms with Gasteiger partial charge in [-0.2, -0.15) is 0 Å². The molecule has 6 N–H and O–H groups in total. The molecule has 12 heteroatoms. The molecule has 10 nitrogen and oxygen atoms in total. The van der Waals surface area contributed by atoms with Crippen molar-refractivity contribution in [3.05, 3.63) is 77.9 Å². The molecule has 1 aliphatic heterocycles. The van der Waals surface area contributed by atoms with E-state index < -0.39 is 23.0 Å². The van der Waals surface area contributed by atoms with Crippen LogP contribution in [0.3, 0.4) is 0 Å². The zero-order valence-corrected chi connectivity index (χ0v) is 28.3. The second-order valence-electron chi connectivity index (χ2n) is 11.9. The summed E-state index contributed by atoms with van der Waals surface area (Å²) in [5, 5.41) is 29.5. The van der Waals surface area contributed by atoms with Crippen LogP contribution < -0.4 is 21.3 Å². The second-order valence-corrected chi connectivity index (χ2v) is 13.9. The summed E-state index contributed by atoms with van der Waals surface area (Å²) in [6.07, 6.45) is 1.61. The van der Waals surface area contributed by atoms with Crippen LogP contribution in [0.2, 0.25) is 0 Å². The van der Waals surface area contributed by atoms with Crippen LogP contribution in [0.4, 0.5) is 10.5 Å². The van der Waals surface area contributed by atoms with Crippen LogP contribution in [0.15, 0.2) is 76.5 Å². The van der Waals surface area contributed by atoms with E-state index >= 15 is 0 Å². The predicted molar refractivity (Wildman–Crippen MR) is 185 cm³/mol. The number of carbonyl (C=O) groups excluding carboxylic acids is 3. The summed E-state index contributed by atoms with van der Waals surface area (Å²) in [5.74, 6) is -0.428. The molecule has 0 fully saturated rings. The summed E-state index contributed by atoms with van der Waals surface area (Å²) >= 11 is 2.99. The number of amides is 4. The van der Waals surface area contributed by atoms with Gasteiger partial charge in [-0.25, -0.2) is 4.79 Å². The van der Waals surface area contributed by atoms with Crippen LogP contribution in [0.5, 0.6) is 0 Å². The normalized spacial score (nSPS) is 15.5. The Morgan fingerprint density at radius 2 is 1.85 bits per heavy atom. The van der Waals surface area contributed by atoms with Crippen LogP contribution in [-0.4, -0.2) is 75.9 Å². The molecule has 0 radical (unpaired) electrons. The summed E-state index contributed by atoms with van der Waals surface area (Å²) in [7, 11) is 0. The van der Waals surface area contributed by atoms with Gasteiger partial charge in [-0.15, -0.1) is 11.8 Å². The summed E-state index contributed by atoms with van der Waals surface area (Å²) in [6.45, 7) is 6.60. The van der Waals surface area contributed by atoms with Crippen molar-refractivity contribution in [3.63, 3.8) is 0 Å². The molecule has 1 aliphatic rings. The van der Waals surface area contributed by atoms with Crippen molar-refractivity contribution in [3.8, 4) is 11.1 Å². The number of urea groups is 1. The molecular formula is C34H43N5O5S2. The minimum absolute atomic E-state index is 0.142. The molecule has 0 saturated carbocycles. The first kappa shape index (κ1) is 35.3. The number of benzene rings is 3. The Hall–Kier alpha value is -3.55. The third-order valence-corrected chi connectivity index (χ3v) is 9.31. The lowest BCUT2D eigenvalue weighted by Gasteiger charge is -2.28. The van der Waals surface area contributed by atoms with Gasteiger partial charge >= 0.3 is 6.03 Å². The molecule has 0 saturated heterocycles. The SMILES string of the molecule is CSc1ccc2c(c1)S[C@@H](NC(=O)CC(C)(C)NC[C@@H](C)O)C(=O)N(Cc1ccc(-c3ccccc3NC(=O)NCCO)cc1)C2. The predicted octanol–water partition coefficient (Wildman–Crippen LogP) is 4.41. The minimum Gasteiger partial charge on any atom is -0.395 e. The van der Waals surface area contributed by atoms with Crippen LogP contribution >= 0.6 is 23.5 Å². The van der Waals surface area contributed by atoms with Crippen LogP contribution in [0, 0.1) is 0 Å². The monoisotopic (exact) mass is 665 g/mol. The highest BCUT2D eigenvalue weighted by atomic mass is 32.2. The number of hydrogen-bond donors (Lipinski definition) is 6. The van der Waals surface area contributed by atoms with Gasteiger partial charge in [0.25, 0.3) is 5.91 Å². The van der Waals surface area contributed by atoms with Crippen molar-refractivity contribution in [2.24, 2.45) is 0 Å². The van der Waals surface area contributed by atoms with E-state index in [1.165, 1.54) is 11.8 Å². The molecule has 0 aliphatic carbocycles. The van der Waals surface area contributed by atoms with E-state index in [1.54, 1.807) is 23.6 Å². The number of hydrogen-bond acceptors (Lipinski definition) is 8. The number of aliphatic hydroxyl groups is 2. The Labute approximate surface area is 279 Å². The molecular weight excluding hydrogens is 623 g/mol. The fraction of sp³-hybridized carbons (Fsp3) is 0.382. The molecule has 3 aromatic rings. The number of nitrogens with one attached hydrogen (secondary N) is 4. The number of anilines is 1. The van der Waals surface area contributed by atoms with E-state index in [9.17, 15) is 19.5 Å². The highest BCUT2D eigenvalue weighted by molar-refractivity contribution is 8.01. The second kappa shape index (κ2) is 16.3. The van der Waals surface area contributed by atoms with Crippen molar-refractivity contribution in [2.45, 2.75) is 67.1 Å². The van der Waals surface area contributed by atoms with E-state index in [4.69, 9.17) is 5.11 Å². The molecule has 246 valence electrons. The van der Waals surface area contributed by atoms with E-state index in [-0.39, 0.29) is 31.4 Å². The van der Waals surface area contributed by atoms with Gasteiger partial charge in [0.1, 0.15) is 0 Å². The van der Waals surface area contributed by atoms with Crippen LogP contribution in [-0.2, 0) is 22.7 Å². The first-order valence-electron chi connectivity index (χ1n) is 15.2. The molecule has 2 atom stereocenters. The molecule has 4 amide bonds. The Bertz CT molecular complexity index is 1520. The Kier molecular flexibility index (Phi) is 12.5. The zero-order chi connectivity index (χ0) is 33.3. The molecule has 46 heavy (non-hydrogen) atoms. The first-order valence-corrected chi connectivity index (χ1v) is 17.3. The lowest BCUT2D eigenvalue weighted by atomic mass is 10.00. The Balaban J connectivity index is 1.53. The summed E-state index contributed by atoms with van der Waals surface area (Å²) in [5.41, 5.74) is 3.74. The maximum Gasteiger partial charge on any atom is 0.319 e. The summed E-state index contributed by atoms with van der Waals surface area (Å²) < 4.78 is 0.